The molecule has 1 aliphatic rings. The van der Waals surface area contributed by atoms with E-state index in [0.29, 0.717) is 12.5 Å². The smallest absolute Gasteiger partial charge is 0.223 e. The van der Waals surface area contributed by atoms with E-state index in [0.717, 1.165) is 37.1 Å². The Kier molecular flexibility index (Phi) is 4.17. The molecule has 4 nitrogen and oxygen atoms in total. The molecule has 1 aromatic heterocycles. The van der Waals surface area contributed by atoms with Gasteiger partial charge in [-0.05, 0) is 32.8 Å². The van der Waals surface area contributed by atoms with Gasteiger partial charge in [-0.2, -0.15) is 0 Å². The van der Waals surface area contributed by atoms with Gasteiger partial charge in [-0.3, -0.25) is 0 Å². The summed E-state index contributed by atoms with van der Waals surface area (Å²) in [4.78, 5) is 8.68. The van der Waals surface area contributed by atoms with E-state index in [2.05, 4.69) is 15.3 Å². The Hall–Kier alpha value is -1.16. The minimum atomic E-state index is -0.586. The van der Waals surface area contributed by atoms with Crippen LogP contribution in [0.1, 0.15) is 49.9 Å². The van der Waals surface area contributed by atoms with Crippen molar-refractivity contribution in [3.8, 4) is 0 Å². The lowest BCUT2D eigenvalue weighted by atomic mass is 9.95. The molecule has 0 bridgehead atoms. The Morgan fingerprint density at radius 1 is 1.11 bits per heavy atom. The lowest BCUT2D eigenvalue weighted by Crippen LogP contribution is -2.36. The number of nitrogens with one attached hydrogen (secondary N) is 1. The van der Waals surface area contributed by atoms with Gasteiger partial charge in [-0.1, -0.05) is 25.7 Å². The van der Waals surface area contributed by atoms with Gasteiger partial charge >= 0.3 is 0 Å². The van der Waals surface area contributed by atoms with E-state index < -0.39 is 5.60 Å². The lowest BCUT2D eigenvalue weighted by molar-refractivity contribution is 0.0379. The minimum absolute atomic E-state index is 0.551. The highest BCUT2D eigenvalue weighted by atomic mass is 16.3. The summed E-state index contributed by atoms with van der Waals surface area (Å²) in [5, 5.41) is 13.7. The largest absolute Gasteiger partial charge is 0.388 e. The summed E-state index contributed by atoms with van der Waals surface area (Å²) in [5.41, 5.74) is 1.33. The van der Waals surface area contributed by atoms with Gasteiger partial charge in [0.2, 0.25) is 5.95 Å². The first-order valence-electron chi connectivity index (χ1n) is 6.86. The molecule has 1 fully saturated rings. The summed E-state index contributed by atoms with van der Waals surface area (Å²) in [5.74, 6) is 0.630. The molecular weight excluding hydrogens is 226 g/mol. The molecule has 100 valence electrons. The number of aryl methyl sites for hydroxylation is 2. The molecule has 2 N–H and O–H groups in total. The van der Waals surface area contributed by atoms with Crippen LogP contribution in [0.3, 0.4) is 0 Å². The van der Waals surface area contributed by atoms with E-state index in [1.807, 2.05) is 19.9 Å². The molecule has 0 unspecified atom stereocenters. The van der Waals surface area contributed by atoms with E-state index in [4.69, 9.17) is 0 Å². The maximum atomic E-state index is 10.5. The fourth-order valence-corrected chi connectivity index (χ4v) is 2.61. The third kappa shape index (κ3) is 3.67. The third-order valence-electron chi connectivity index (χ3n) is 3.59. The zero-order valence-corrected chi connectivity index (χ0v) is 11.4. The van der Waals surface area contributed by atoms with Crippen LogP contribution in [-0.2, 0) is 0 Å². The molecular formula is C14H23N3O. The van der Waals surface area contributed by atoms with Crippen LogP contribution in [-0.4, -0.2) is 27.2 Å². The van der Waals surface area contributed by atoms with Crippen molar-refractivity contribution in [2.75, 3.05) is 11.9 Å². The summed E-state index contributed by atoms with van der Waals surface area (Å²) in [7, 11) is 0. The van der Waals surface area contributed by atoms with Crippen LogP contribution < -0.4 is 5.32 Å². The molecule has 18 heavy (non-hydrogen) atoms. The fraction of sp³-hybridized carbons (Fsp3) is 0.714. The number of hydrogen-bond acceptors (Lipinski definition) is 4. The maximum Gasteiger partial charge on any atom is 0.223 e. The van der Waals surface area contributed by atoms with E-state index >= 15 is 0 Å². The normalized spacial score (nSPS) is 19.3. The topological polar surface area (TPSA) is 58.0 Å². The molecule has 0 amide bonds. The number of rotatable bonds is 3. The van der Waals surface area contributed by atoms with Crippen molar-refractivity contribution in [1.82, 2.24) is 9.97 Å². The first kappa shape index (κ1) is 13.3. The Morgan fingerprint density at radius 2 is 1.67 bits per heavy atom. The maximum absolute atomic E-state index is 10.5. The van der Waals surface area contributed by atoms with Crippen LogP contribution in [0.25, 0.3) is 0 Å². The number of hydrogen-bond donors (Lipinski definition) is 2. The average molecular weight is 249 g/mol. The van der Waals surface area contributed by atoms with Gasteiger partial charge in [0.05, 0.1) is 5.60 Å². The number of aromatic nitrogens is 2. The molecule has 1 saturated carbocycles. The van der Waals surface area contributed by atoms with Gasteiger partial charge in [-0.15, -0.1) is 0 Å². The Balaban J connectivity index is 1.97. The van der Waals surface area contributed by atoms with E-state index in [-0.39, 0.29) is 0 Å². The van der Waals surface area contributed by atoms with Crippen molar-refractivity contribution in [1.29, 1.82) is 0 Å². The second kappa shape index (κ2) is 5.65. The second-order valence-corrected chi connectivity index (χ2v) is 5.47. The molecule has 0 aromatic carbocycles. The van der Waals surface area contributed by atoms with Gasteiger partial charge in [0.25, 0.3) is 0 Å². The Labute approximate surface area is 109 Å². The van der Waals surface area contributed by atoms with Crippen molar-refractivity contribution in [2.24, 2.45) is 0 Å². The fourth-order valence-electron chi connectivity index (χ4n) is 2.61. The van der Waals surface area contributed by atoms with E-state index in [9.17, 15) is 5.11 Å². The van der Waals surface area contributed by atoms with Crippen LogP contribution in [0.4, 0.5) is 5.95 Å². The van der Waals surface area contributed by atoms with Crippen molar-refractivity contribution in [3.05, 3.63) is 17.5 Å². The molecule has 0 aliphatic heterocycles. The summed E-state index contributed by atoms with van der Waals surface area (Å²) >= 11 is 0. The van der Waals surface area contributed by atoms with E-state index in [1.165, 1.54) is 12.8 Å². The van der Waals surface area contributed by atoms with Crippen LogP contribution in [0.15, 0.2) is 6.07 Å². The SMILES string of the molecule is Cc1cc(C)nc(NCC2(O)CCCCCC2)n1. The van der Waals surface area contributed by atoms with Crippen molar-refractivity contribution >= 4 is 5.95 Å². The average Bonchev–Trinajstić information content (AvgIpc) is 2.51. The van der Waals surface area contributed by atoms with Crippen molar-refractivity contribution in [3.63, 3.8) is 0 Å². The van der Waals surface area contributed by atoms with Gasteiger partial charge in [0.15, 0.2) is 0 Å². The van der Waals surface area contributed by atoms with Gasteiger partial charge in [0, 0.05) is 17.9 Å². The van der Waals surface area contributed by atoms with Crippen molar-refractivity contribution < 1.29 is 5.11 Å². The highest BCUT2D eigenvalue weighted by Gasteiger charge is 2.27. The minimum Gasteiger partial charge on any atom is -0.388 e. The lowest BCUT2D eigenvalue weighted by Gasteiger charge is -2.26. The monoisotopic (exact) mass is 249 g/mol. The Morgan fingerprint density at radius 3 is 2.22 bits per heavy atom. The first-order chi connectivity index (χ1) is 8.57. The first-order valence-corrected chi connectivity index (χ1v) is 6.86. The molecule has 2 rings (SSSR count). The number of aliphatic hydroxyl groups is 1. The van der Waals surface area contributed by atoms with Crippen LogP contribution in [0.5, 0.6) is 0 Å². The molecule has 1 heterocycles. The van der Waals surface area contributed by atoms with E-state index in [1.54, 1.807) is 0 Å². The molecule has 0 saturated heterocycles. The van der Waals surface area contributed by atoms with Gasteiger partial charge < -0.3 is 10.4 Å². The van der Waals surface area contributed by atoms with Crippen LogP contribution in [0, 0.1) is 13.8 Å². The predicted octanol–water partition coefficient (Wildman–Crippen LogP) is 2.59. The summed E-state index contributed by atoms with van der Waals surface area (Å²) in [6, 6.07) is 1.95. The second-order valence-electron chi connectivity index (χ2n) is 5.47. The summed E-state index contributed by atoms with van der Waals surface area (Å²) in [6.07, 6.45) is 6.47. The molecule has 4 heteroatoms. The molecule has 0 spiro atoms. The quantitative estimate of drug-likeness (QED) is 0.808. The van der Waals surface area contributed by atoms with Crippen molar-refractivity contribution in [2.45, 2.75) is 58.0 Å². The predicted molar refractivity (Wildman–Crippen MR) is 72.6 cm³/mol. The number of anilines is 1. The molecule has 1 aromatic rings. The van der Waals surface area contributed by atoms with Gasteiger partial charge in [0.1, 0.15) is 0 Å². The standard InChI is InChI=1S/C14H23N3O/c1-11-9-12(2)17-13(16-11)15-10-14(18)7-5-3-4-6-8-14/h9,18H,3-8,10H2,1-2H3,(H,15,16,17). The molecule has 1 aliphatic carbocycles. The summed E-state index contributed by atoms with van der Waals surface area (Å²) < 4.78 is 0. The third-order valence-corrected chi connectivity index (χ3v) is 3.59. The molecule has 0 atom stereocenters. The zero-order chi connectivity index (χ0) is 13.0. The zero-order valence-electron chi connectivity index (χ0n) is 11.4. The Bertz CT molecular complexity index is 378. The summed E-state index contributed by atoms with van der Waals surface area (Å²) in [6.45, 7) is 4.47. The van der Waals surface area contributed by atoms with Crippen LogP contribution >= 0.6 is 0 Å². The molecule has 0 radical (unpaired) electrons. The number of nitrogens with zero attached hydrogens (tertiary/aromatic N) is 2. The van der Waals surface area contributed by atoms with Crippen LogP contribution in [0.2, 0.25) is 0 Å². The highest BCUT2D eigenvalue weighted by Crippen LogP contribution is 2.27. The van der Waals surface area contributed by atoms with Gasteiger partial charge in [-0.25, -0.2) is 9.97 Å². The highest BCUT2D eigenvalue weighted by molar-refractivity contribution is 5.28.